The van der Waals surface area contributed by atoms with Crippen LogP contribution in [0.2, 0.25) is 10.0 Å². The molecule has 0 fully saturated rings. The van der Waals surface area contributed by atoms with Crippen molar-refractivity contribution in [2.75, 3.05) is 0 Å². The first-order valence-corrected chi connectivity index (χ1v) is 6.38. The van der Waals surface area contributed by atoms with Crippen LogP contribution in [-0.4, -0.2) is 11.0 Å². The van der Waals surface area contributed by atoms with Crippen molar-refractivity contribution in [3.05, 3.63) is 69.2 Å². The maximum absolute atomic E-state index is 11.9. The number of nitrogens with one attached hydrogen (secondary N) is 1. The van der Waals surface area contributed by atoms with E-state index in [-0.39, 0.29) is 5.91 Å². The van der Waals surface area contributed by atoms with Gasteiger partial charge in [0.2, 0.25) is 0 Å². The third-order valence-corrected chi connectivity index (χ3v) is 3.93. The van der Waals surface area contributed by atoms with Crippen molar-refractivity contribution in [2.45, 2.75) is 5.72 Å². The SMILES string of the molecule is O=C1N[C@@](O)(c2ccc(Cl)c(Cl)c2)c2ccccc21. The Morgan fingerprint density at radius 2 is 1.79 bits per heavy atom. The molecule has 1 aliphatic heterocycles. The lowest BCUT2D eigenvalue weighted by Gasteiger charge is -2.24. The van der Waals surface area contributed by atoms with E-state index >= 15 is 0 Å². The number of hydrogen-bond donors (Lipinski definition) is 2. The molecular weight excluding hydrogens is 285 g/mol. The highest BCUT2D eigenvalue weighted by Crippen LogP contribution is 2.36. The molecule has 1 amide bonds. The minimum Gasteiger partial charge on any atom is -0.363 e. The number of halogens is 2. The Kier molecular flexibility index (Phi) is 2.78. The van der Waals surface area contributed by atoms with Gasteiger partial charge in [-0.1, -0.05) is 47.5 Å². The number of rotatable bonds is 1. The molecule has 0 aromatic heterocycles. The normalized spacial score (nSPS) is 21.1. The Balaban J connectivity index is 2.19. The van der Waals surface area contributed by atoms with Crippen LogP contribution in [0.1, 0.15) is 21.5 Å². The maximum Gasteiger partial charge on any atom is 0.254 e. The molecule has 3 rings (SSSR count). The minimum atomic E-state index is -1.57. The highest BCUT2D eigenvalue weighted by molar-refractivity contribution is 6.42. The summed E-state index contributed by atoms with van der Waals surface area (Å²) in [5, 5.41) is 14.1. The zero-order chi connectivity index (χ0) is 13.6. The van der Waals surface area contributed by atoms with Gasteiger partial charge < -0.3 is 10.4 Å². The quantitative estimate of drug-likeness (QED) is 0.849. The standard InChI is InChI=1S/C14H9Cl2NO2/c15-11-6-5-8(7-12(11)16)14(19)10-4-2-1-3-9(10)13(18)17-14/h1-7,19H,(H,17,18)/t14-/m1/s1. The number of carbonyl (C=O) groups excluding carboxylic acids is 1. The Bertz CT molecular complexity index is 687. The lowest BCUT2D eigenvalue weighted by molar-refractivity contribution is 0.0476. The van der Waals surface area contributed by atoms with Crippen molar-refractivity contribution >= 4 is 29.1 Å². The van der Waals surface area contributed by atoms with Gasteiger partial charge in [-0.3, -0.25) is 4.79 Å². The molecule has 0 saturated carbocycles. The van der Waals surface area contributed by atoms with E-state index in [0.29, 0.717) is 26.7 Å². The first kappa shape index (κ1) is 12.5. The molecular formula is C14H9Cl2NO2. The van der Waals surface area contributed by atoms with E-state index < -0.39 is 5.72 Å². The van der Waals surface area contributed by atoms with Crippen LogP contribution in [0.5, 0.6) is 0 Å². The molecule has 0 bridgehead atoms. The van der Waals surface area contributed by atoms with E-state index in [1.165, 1.54) is 0 Å². The van der Waals surface area contributed by atoms with Gasteiger partial charge >= 0.3 is 0 Å². The number of aliphatic hydroxyl groups is 1. The van der Waals surface area contributed by atoms with Crippen LogP contribution in [-0.2, 0) is 5.72 Å². The van der Waals surface area contributed by atoms with Gasteiger partial charge in [0.25, 0.3) is 5.91 Å². The van der Waals surface area contributed by atoms with Crippen molar-refractivity contribution in [3.8, 4) is 0 Å². The van der Waals surface area contributed by atoms with Gasteiger partial charge in [0.15, 0.2) is 5.72 Å². The van der Waals surface area contributed by atoms with Gasteiger partial charge in [-0.25, -0.2) is 0 Å². The lowest BCUT2D eigenvalue weighted by atomic mass is 9.95. The van der Waals surface area contributed by atoms with Gasteiger partial charge in [0, 0.05) is 16.7 Å². The second-order valence-corrected chi connectivity index (χ2v) is 5.15. The van der Waals surface area contributed by atoms with Gasteiger partial charge in [-0.2, -0.15) is 0 Å². The molecule has 1 aliphatic rings. The molecule has 5 heteroatoms. The average Bonchev–Trinajstić information content (AvgIpc) is 2.67. The van der Waals surface area contributed by atoms with Crippen LogP contribution in [0, 0.1) is 0 Å². The molecule has 2 aromatic carbocycles. The van der Waals surface area contributed by atoms with E-state index in [9.17, 15) is 9.90 Å². The molecule has 1 atom stereocenters. The molecule has 0 unspecified atom stereocenters. The van der Waals surface area contributed by atoms with Crippen LogP contribution in [0.3, 0.4) is 0 Å². The molecule has 2 N–H and O–H groups in total. The van der Waals surface area contributed by atoms with Crippen molar-refractivity contribution < 1.29 is 9.90 Å². The van der Waals surface area contributed by atoms with Crippen molar-refractivity contribution in [2.24, 2.45) is 0 Å². The lowest BCUT2D eigenvalue weighted by Crippen LogP contribution is -2.40. The number of fused-ring (bicyclic) bond motifs is 1. The predicted octanol–water partition coefficient (Wildman–Crippen LogP) is 2.93. The molecule has 0 saturated heterocycles. The predicted molar refractivity (Wildman–Crippen MR) is 73.4 cm³/mol. The smallest absolute Gasteiger partial charge is 0.254 e. The summed E-state index contributed by atoms with van der Waals surface area (Å²) in [5.74, 6) is -0.316. The first-order valence-electron chi connectivity index (χ1n) is 5.62. The van der Waals surface area contributed by atoms with Crippen LogP contribution in [0.15, 0.2) is 42.5 Å². The number of benzene rings is 2. The van der Waals surface area contributed by atoms with Crippen molar-refractivity contribution in [3.63, 3.8) is 0 Å². The fraction of sp³-hybridized carbons (Fsp3) is 0.0714. The van der Waals surface area contributed by atoms with Gasteiger partial charge in [0.05, 0.1) is 10.0 Å². The number of carbonyl (C=O) groups is 1. The van der Waals surface area contributed by atoms with E-state index in [0.717, 1.165) is 0 Å². The number of amides is 1. The van der Waals surface area contributed by atoms with Crippen LogP contribution in [0.25, 0.3) is 0 Å². The second kappa shape index (κ2) is 4.23. The molecule has 1 heterocycles. The Labute approximate surface area is 119 Å². The first-order chi connectivity index (χ1) is 9.02. The van der Waals surface area contributed by atoms with E-state index in [1.54, 1.807) is 42.5 Å². The number of hydrogen-bond acceptors (Lipinski definition) is 2. The molecule has 0 radical (unpaired) electrons. The molecule has 19 heavy (non-hydrogen) atoms. The van der Waals surface area contributed by atoms with Gasteiger partial charge in [0.1, 0.15) is 0 Å². The van der Waals surface area contributed by atoms with Crippen LogP contribution in [0.4, 0.5) is 0 Å². The largest absolute Gasteiger partial charge is 0.363 e. The molecule has 0 aliphatic carbocycles. The van der Waals surface area contributed by atoms with E-state index in [4.69, 9.17) is 23.2 Å². The molecule has 0 spiro atoms. The van der Waals surface area contributed by atoms with Crippen molar-refractivity contribution in [1.82, 2.24) is 5.32 Å². The Hall–Kier alpha value is -1.55. The minimum absolute atomic E-state index is 0.316. The summed E-state index contributed by atoms with van der Waals surface area (Å²) in [6.45, 7) is 0. The van der Waals surface area contributed by atoms with Crippen LogP contribution < -0.4 is 5.32 Å². The van der Waals surface area contributed by atoms with Crippen molar-refractivity contribution in [1.29, 1.82) is 0 Å². The summed E-state index contributed by atoms with van der Waals surface area (Å²) in [4.78, 5) is 11.9. The fourth-order valence-electron chi connectivity index (χ4n) is 2.24. The van der Waals surface area contributed by atoms with E-state index in [1.807, 2.05) is 0 Å². The molecule has 2 aromatic rings. The highest BCUT2D eigenvalue weighted by atomic mass is 35.5. The summed E-state index contributed by atoms with van der Waals surface area (Å²) in [5.41, 5.74) is -0.128. The van der Waals surface area contributed by atoms with Gasteiger partial charge in [-0.05, 0) is 18.2 Å². The van der Waals surface area contributed by atoms with E-state index in [2.05, 4.69) is 5.32 Å². The summed E-state index contributed by atoms with van der Waals surface area (Å²) < 4.78 is 0. The average molecular weight is 294 g/mol. The zero-order valence-corrected chi connectivity index (χ0v) is 11.2. The molecule has 96 valence electrons. The third kappa shape index (κ3) is 1.82. The maximum atomic E-state index is 11.9. The molecule has 3 nitrogen and oxygen atoms in total. The van der Waals surface area contributed by atoms with Crippen LogP contribution >= 0.6 is 23.2 Å². The zero-order valence-electron chi connectivity index (χ0n) is 9.65. The highest BCUT2D eigenvalue weighted by Gasteiger charge is 2.42. The monoisotopic (exact) mass is 293 g/mol. The second-order valence-electron chi connectivity index (χ2n) is 4.34. The Morgan fingerprint density at radius 1 is 1.05 bits per heavy atom. The summed E-state index contributed by atoms with van der Waals surface area (Å²) in [7, 11) is 0. The third-order valence-electron chi connectivity index (χ3n) is 3.19. The fourth-order valence-corrected chi connectivity index (χ4v) is 2.54. The topological polar surface area (TPSA) is 49.3 Å². The summed E-state index contributed by atoms with van der Waals surface area (Å²) >= 11 is 11.8. The van der Waals surface area contributed by atoms with Gasteiger partial charge in [-0.15, -0.1) is 0 Å². The summed E-state index contributed by atoms with van der Waals surface area (Å²) in [6.07, 6.45) is 0. The summed E-state index contributed by atoms with van der Waals surface area (Å²) in [6, 6.07) is 11.7. The Morgan fingerprint density at radius 3 is 2.53 bits per heavy atom.